The molecule has 0 aromatic carbocycles. The van der Waals surface area contributed by atoms with Crippen LogP contribution in [0, 0.1) is 13.8 Å². The molecule has 3 N–H and O–H groups in total. The molecule has 418 valence electrons. The van der Waals surface area contributed by atoms with E-state index in [4.69, 9.17) is 40.4 Å². The van der Waals surface area contributed by atoms with Gasteiger partial charge in [0.25, 0.3) is 0 Å². The highest BCUT2D eigenvalue weighted by molar-refractivity contribution is 6.60. The molecule has 21 heteroatoms. The fourth-order valence-corrected chi connectivity index (χ4v) is 9.43. The highest BCUT2D eigenvalue weighted by atomic mass is 35.5. The third-order valence-electron chi connectivity index (χ3n) is 14.1. The van der Waals surface area contributed by atoms with E-state index in [0.717, 1.165) is 92.8 Å². The molecule has 4 aliphatic heterocycles. The van der Waals surface area contributed by atoms with Gasteiger partial charge in [0.15, 0.2) is 0 Å². The molecule has 2 amide bonds. The van der Waals surface area contributed by atoms with Crippen LogP contribution in [0.2, 0.25) is 5.02 Å². The number of aryl methyl sites for hydroxylation is 2. The van der Waals surface area contributed by atoms with Crippen LogP contribution in [-0.4, -0.2) is 141 Å². The second-order valence-corrected chi connectivity index (χ2v) is 23.5. The molecule has 0 spiro atoms. The Morgan fingerprint density at radius 2 is 1.25 bits per heavy atom. The van der Waals surface area contributed by atoms with Crippen LogP contribution in [0.15, 0.2) is 102 Å². The summed E-state index contributed by atoms with van der Waals surface area (Å²) in [6.45, 7) is 26.8. The SMILES string of the molecule is C.CC1(C)OB(C2=CCN=C2)OC1(C)C.Cc1cc2ncc(-c3cccc(NC4CCN(C(=O)OC(C)(C)C)C4)n3)n2cc1-c1cn[nH]c1.Cc1cc2ncc(-c3cccc(NC4CCN(C(=O)OC(C)(C)C)C4)n3)n2cc1Cl. The lowest BCUT2D eigenvalue weighted by molar-refractivity contribution is 0.00578. The first kappa shape index (κ1) is 57.9. The number of fused-ring (bicyclic) bond motifs is 2. The number of carbonyl (C=O) groups excluding carboxylic acids is 2. The van der Waals surface area contributed by atoms with Gasteiger partial charge in [0.1, 0.15) is 34.1 Å². The van der Waals surface area contributed by atoms with Crippen molar-refractivity contribution in [1.82, 2.24) is 48.7 Å². The van der Waals surface area contributed by atoms with E-state index in [1.165, 1.54) is 0 Å². The molecule has 0 saturated carbocycles. The van der Waals surface area contributed by atoms with Crippen LogP contribution < -0.4 is 10.6 Å². The molecule has 79 heavy (non-hydrogen) atoms. The summed E-state index contributed by atoms with van der Waals surface area (Å²) in [6, 6.07) is 16.0. The topological polar surface area (TPSA) is 203 Å². The van der Waals surface area contributed by atoms with Crippen LogP contribution in [-0.2, 0) is 18.8 Å². The number of aliphatic imine (C=N–C) groups is 1. The summed E-state index contributed by atoms with van der Waals surface area (Å²) >= 11 is 6.30. The lowest BCUT2D eigenvalue weighted by Crippen LogP contribution is -2.41. The second-order valence-electron chi connectivity index (χ2n) is 23.1. The van der Waals surface area contributed by atoms with Gasteiger partial charge in [0, 0.05) is 74.2 Å². The van der Waals surface area contributed by atoms with Crippen LogP contribution in [0.1, 0.15) is 101 Å². The molecule has 0 bridgehead atoms. The van der Waals surface area contributed by atoms with Gasteiger partial charge in [0.05, 0.1) is 64.1 Å². The number of H-pyrrole nitrogens is 1. The summed E-state index contributed by atoms with van der Waals surface area (Å²) in [5, 5.41) is 14.6. The molecular weight excluding hydrogens is 1020 g/mol. The molecule has 2 atom stereocenters. The number of ether oxygens (including phenoxy) is 2. The summed E-state index contributed by atoms with van der Waals surface area (Å²) in [6.07, 6.45) is 16.3. The summed E-state index contributed by atoms with van der Waals surface area (Å²) in [7, 11) is -0.244. The summed E-state index contributed by atoms with van der Waals surface area (Å²) in [4.78, 5) is 50.9. The minimum Gasteiger partial charge on any atom is -0.444 e. The molecule has 4 aliphatic rings. The Kier molecular flexibility index (Phi) is 17.0. The fourth-order valence-electron chi connectivity index (χ4n) is 9.27. The molecule has 0 aliphatic carbocycles. The van der Waals surface area contributed by atoms with Gasteiger partial charge in [0.2, 0.25) is 0 Å². The highest BCUT2D eigenvalue weighted by Crippen LogP contribution is 2.39. The zero-order chi connectivity index (χ0) is 55.7. The Hall–Kier alpha value is -7.29. The average molecular weight is 1100 g/mol. The normalized spacial score (nSPS) is 18.4. The molecule has 7 aromatic heterocycles. The molecule has 11 heterocycles. The summed E-state index contributed by atoms with van der Waals surface area (Å²) in [5.41, 5.74) is 8.87. The molecule has 2 unspecified atom stereocenters. The van der Waals surface area contributed by atoms with Crippen molar-refractivity contribution in [2.45, 2.75) is 138 Å². The Balaban J connectivity index is 0.000000167. The number of likely N-dealkylation sites (tertiary alicyclic amines) is 2. The van der Waals surface area contributed by atoms with Crippen LogP contribution in [0.3, 0.4) is 0 Å². The molecule has 3 fully saturated rings. The fraction of sp³-hybridized carbons (Fsp3) is 0.448. The number of carbonyl (C=O) groups is 2. The van der Waals surface area contributed by atoms with Crippen LogP contribution in [0.5, 0.6) is 0 Å². The summed E-state index contributed by atoms with van der Waals surface area (Å²) in [5.74, 6) is 1.53. The maximum atomic E-state index is 12.4. The van der Waals surface area contributed by atoms with Crippen molar-refractivity contribution in [2.24, 2.45) is 4.99 Å². The van der Waals surface area contributed by atoms with Crippen molar-refractivity contribution in [3.63, 3.8) is 0 Å². The van der Waals surface area contributed by atoms with Crippen LogP contribution >= 0.6 is 11.6 Å². The Labute approximate surface area is 468 Å². The van der Waals surface area contributed by atoms with Crippen molar-refractivity contribution in [3.05, 3.63) is 113 Å². The maximum absolute atomic E-state index is 12.4. The largest absolute Gasteiger partial charge is 0.496 e. The maximum Gasteiger partial charge on any atom is 0.496 e. The number of rotatable bonds is 8. The standard InChI is InChI=1S/C25H29N7O2.C22H26ClN5O2.C10H16BNO2.CH4/c1-16-10-23-26-13-21(32(23)15-19(16)17-11-27-28-12-17)20-6-5-7-22(30-20)29-18-8-9-31(14-18)24(33)34-25(2,3)4;1-14-10-20-24-11-18(28(20)13-16(14)23)17-6-5-7-19(26-17)25-15-8-9-27(12-15)21(29)30-22(2,3)4;1-9(2)10(3,4)14-11(13-9)8-5-6-12-7-8;/h5-7,10-13,15,18H,8-9,14H2,1-4H3,(H,27,28)(H,29,30);5-7,10-11,13,15H,8-9,12H2,1-4H3,(H,25,26);5,7H,6H2,1-4H3;1H4. The number of hydrogen-bond acceptors (Lipinski definition) is 14. The molecule has 3 saturated heterocycles. The van der Waals surface area contributed by atoms with Gasteiger partial charge in [-0.15, -0.1) is 0 Å². The lowest BCUT2D eigenvalue weighted by atomic mass is 9.79. The minimum absolute atomic E-state index is 0. The first-order valence-corrected chi connectivity index (χ1v) is 26.9. The summed E-state index contributed by atoms with van der Waals surface area (Å²) < 4.78 is 26.7. The van der Waals surface area contributed by atoms with Crippen molar-refractivity contribution in [2.75, 3.05) is 43.4 Å². The highest BCUT2D eigenvalue weighted by Gasteiger charge is 2.52. The minimum atomic E-state index is -0.497. The van der Waals surface area contributed by atoms with Crippen molar-refractivity contribution in [3.8, 4) is 33.9 Å². The van der Waals surface area contributed by atoms with Gasteiger partial charge in [-0.3, -0.25) is 18.9 Å². The number of pyridine rings is 4. The smallest absolute Gasteiger partial charge is 0.444 e. The average Bonchev–Trinajstić information content (AvgIpc) is 4.32. The van der Waals surface area contributed by atoms with Gasteiger partial charge in [-0.2, -0.15) is 5.10 Å². The van der Waals surface area contributed by atoms with Gasteiger partial charge in [-0.1, -0.05) is 37.2 Å². The van der Waals surface area contributed by atoms with Crippen LogP contribution in [0.25, 0.3) is 45.2 Å². The number of amides is 2. The van der Waals surface area contributed by atoms with E-state index in [0.29, 0.717) is 31.2 Å². The lowest BCUT2D eigenvalue weighted by Gasteiger charge is -2.32. The zero-order valence-electron chi connectivity index (χ0n) is 46.7. The van der Waals surface area contributed by atoms with Gasteiger partial charge in [-0.25, -0.2) is 29.5 Å². The number of aromatic amines is 1. The predicted octanol–water partition coefficient (Wildman–Crippen LogP) is 11.6. The monoisotopic (exact) mass is 1100 g/mol. The zero-order valence-corrected chi connectivity index (χ0v) is 47.5. The Morgan fingerprint density at radius 1 is 0.747 bits per heavy atom. The Morgan fingerprint density at radius 3 is 1.72 bits per heavy atom. The van der Waals surface area contributed by atoms with E-state index < -0.39 is 11.2 Å². The number of hydrogen-bond donors (Lipinski definition) is 3. The van der Waals surface area contributed by atoms with Crippen LogP contribution in [0.4, 0.5) is 21.2 Å². The number of allylic oxidation sites excluding steroid dienone is 1. The number of nitrogens with one attached hydrogen (secondary N) is 3. The number of halogens is 1. The van der Waals surface area contributed by atoms with Crippen molar-refractivity contribution in [1.29, 1.82) is 0 Å². The number of imidazole rings is 2. The number of anilines is 2. The molecule has 11 rings (SSSR count). The van der Waals surface area contributed by atoms with Gasteiger partial charge in [-0.05, 0) is 149 Å². The van der Waals surface area contributed by atoms with E-state index in [-0.39, 0.29) is 50.0 Å². The van der Waals surface area contributed by atoms with E-state index in [2.05, 4.69) is 87.1 Å². The van der Waals surface area contributed by atoms with Crippen molar-refractivity contribution < 1.29 is 28.4 Å². The predicted molar refractivity (Wildman–Crippen MR) is 313 cm³/mol. The van der Waals surface area contributed by atoms with Gasteiger partial charge >= 0.3 is 19.3 Å². The van der Waals surface area contributed by atoms with E-state index in [9.17, 15) is 9.59 Å². The second kappa shape index (κ2) is 23.2. The first-order chi connectivity index (χ1) is 36.9. The quantitative estimate of drug-likeness (QED) is 0.121. The molecule has 19 nitrogen and oxygen atoms in total. The van der Waals surface area contributed by atoms with E-state index >= 15 is 0 Å². The molecule has 0 radical (unpaired) electrons. The number of aromatic nitrogens is 8. The number of nitrogens with zero attached hydrogens (tertiary/aromatic N) is 10. The van der Waals surface area contributed by atoms with Crippen molar-refractivity contribution >= 4 is 60.1 Å². The first-order valence-electron chi connectivity index (χ1n) is 26.5. The molecular formula is C58H75BClN13O6. The third kappa shape index (κ3) is 13.8. The van der Waals surface area contributed by atoms with Gasteiger partial charge < -0.3 is 39.2 Å². The van der Waals surface area contributed by atoms with E-state index in [1.54, 1.807) is 16.0 Å². The Bertz CT molecular complexity index is 3340. The van der Waals surface area contributed by atoms with E-state index in [1.807, 2.05) is 132 Å². The molecule has 7 aromatic rings. The third-order valence-corrected chi connectivity index (χ3v) is 14.5.